The number of nitrogens with zero attached hydrogens (tertiary/aromatic N) is 2. The van der Waals surface area contributed by atoms with Crippen LogP contribution >= 0.6 is 0 Å². The van der Waals surface area contributed by atoms with Crippen molar-refractivity contribution < 1.29 is 14.3 Å². The zero-order valence-electron chi connectivity index (χ0n) is 18.9. The summed E-state index contributed by atoms with van der Waals surface area (Å²) in [5.74, 6) is 0.553. The van der Waals surface area contributed by atoms with Crippen LogP contribution in [0.25, 0.3) is 11.3 Å². The molecule has 1 aliphatic heterocycles. The Bertz CT molecular complexity index is 1160. The van der Waals surface area contributed by atoms with Gasteiger partial charge in [0.25, 0.3) is 0 Å². The molecule has 2 aromatic carbocycles. The molecule has 1 aliphatic carbocycles. The standard InChI is InChI=1S/C27H29N3O3/c1-32-25-15-21-5-2-4-20(21)14-22(25)16-30-12-13-33-26(17-30)24-7-3-6-23(29-24)18-8-10-19(11-9-18)27(28)31/h3,6-11,14-15,26H,2,4-5,12-13,16-17H2,1H3,(H2,28,31). The topological polar surface area (TPSA) is 77.7 Å². The number of rotatable bonds is 6. The summed E-state index contributed by atoms with van der Waals surface area (Å²) in [6.07, 6.45) is 3.45. The number of methoxy groups -OCH3 is 1. The van der Waals surface area contributed by atoms with Crippen LogP contribution in [0.4, 0.5) is 0 Å². The van der Waals surface area contributed by atoms with E-state index < -0.39 is 5.91 Å². The molecule has 170 valence electrons. The number of carbonyl (C=O) groups excluding carboxylic acids is 1. The average Bonchev–Trinajstić information content (AvgIpc) is 3.31. The molecule has 2 N–H and O–H groups in total. The first-order valence-corrected chi connectivity index (χ1v) is 11.5. The summed E-state index contributed by atoms with van der Waals surface area (Å²) in [5.41, 5.74) is 12.7. The smallest absolute Gasteiger partial charge is 0.248 e. The van der Waals surface area contributed by atoms with E-state index in [0.29, 0.717) is 12.2 Å². The molecule has 2 heterocycles. The predicted molar refractivity (Wildman–Crippen MR) is 127 cm³/mol. The molecule has 6 nitrogen and oxygen atoms in total. The van der Waals surface area contributed by atoms with Crippen LogP contribution in [0, 0.1) is 0 Å². The fourth-order valence-electron chi connectivity index (χ4n) is 4.83. The van der Waals surface area contributed by atoms with Crippen LogP contribution in [0.3, 0.4) is 0 Å². The maximum absolute atomic E-state index is 11.3. The van der Waals surface area contributed by atoms with Crippen molar-refractivity contribution in [1.29, 1.82) is 0 Å². The fourth-order valence-corrected chi connectivity index (χ4v) is 4.83. The summed E-state index contributed by atoms with van der Waals surface area (Å²) in [6.45, 7) is 3.16. The maximum atomic E-state index is 11.3. The minimum Gasteiger partial charge on any atom is -0.496 e. The van der Waals surface area contributed by atoms with Gasteiger partial charge in [-0.3, -0.25) is 14.7 Å². The van der Waals surface area contributed by atoms with Crippen molar-refractivity contribution in [2.24, 2.45) is 5.73 Å². The number of hydrogen-bond donors (Lipinski definition) is 1. The van der Waals surface area contributed by atoms with Crippen molar-refractivity contribution >= 4 is 5.91 Å². The largest absolute Gasteiger partial charge is 0.496 e. The number of ether oxygens (including phenoxy) is 2. The Morgan fingerprint density at radius 2 is 1.94 bits per heavy atom. The molecule has 5 rings (SSSR count). The van der Waals surface area contributed by atoms with Gasteiger partial charge in [-0.1, -0.05) is 24.3 Å². The van der Waals surface area contributed by atoms with Gasteiger partial charge in [0.2, 0.25) is 5.91 Å². The maximum Gasteiger partial charge on any atom is 0.248 e. The molecule has 2 aliphatic rings. The molecule has 33 heavy (non-hydrogen) atoms. The summed E-state index contributed by atoms with van der Waals surface area (Å²) in [4.78, 5) is 18.6. The summed E-state index contributed by atoms with van der Waals surface area (Å²) in [7, 11) is 1.76. The van der Waals surface area contributed by atoms with Gasteiger partial charge in [0, 0.05) is 36.3 Å². The van der Waals surface area contributed by atoms with Crippen LogP contribution in [0.2, 0.25) is 0 Å². The van der Waals surface area contributed by atoms with Gasteiger partial charge in [0.05, 0.1) is 25.1 Å². The number of fused-ring (bicyclic) bond motifs is 1. The molecule has 1 fully saturated rings. The highest BCUT2D eigenvalue weighted by molar-refractivity contribution is 5.93. The minimum absolute atomic E-state index is 0.0935. The third kappa shape index (κ3) is 4.63. The van der Waals surface area contributed by atoms with E-state index in [0.717, 1.165) is 55.2 Å². The molecule has 0 radical (unpaired) electrons. The van der Waals surface area contributed by atoms with E-state index in [9.17, 15) is 4.79 Å². The number of aromatic nitrogens is 1. The van der Waals surface area contributed by atoms with Crippen LogP contribution in [-0.2, 0) is 24.1 Å². The molecule has 3 aromatic rings. The van der Waals surface area contributed by atoms with Crippen LogP contribution in [-0.4, -0.2) is 42.6 Å². The number of hydrogen-bond acceptors (Lipinski definition) is 5. The second kappa shape index (κ2) is 9.33. The molecule has 1 saturated heterocycles. The third-order valence-corrected chi connectivity index (χ3v) is 6.61. The van der Waals surface area contributed by atoms with Crippen LogP contribution in [0.1, 0.15) is 45.3 Å². The number of carbonyl (C=O) groups is 1. The van der Waals surface area contributed by atoms with E-state index in [4.69, 9.17) is 20.2 Å². The van der Waals surface area contributed by atoms with Crippen molar-refractivity contribution in [2.75, 3.05) is 26.8 Å². The third-order valence-electron chi connectivity index (χ3n) is 6.61. The SMILES string of the molecule is COc1cc2c(cc1CN1CCOC(c3cccc(-c4ccc(C(N)=O)cc4)n3)C1)CCC2. The lowest BCUT2D eigenvalue weighted by Crippen LogP contribution is -2.38. The number of nitrogens with two attached hydrogens (primary N) is 1. The highest BCUT2D eigenvalue weighted by Crippen LogP contribution is 2.32. The number of aryl methyl sites for hydroxylation is 2. The van der Waals surface area contributed by atoms with Gasteiger partial charge in [-0.05, 0) is 60.7 Å². The van der Waals surface area contributed by atoms with E-state index in [1.54, 1.807) is 19.2 Å². The Morgan fingerprint density at radius 1 is 1.15 bits per heavy atom. The van der Waals surface area contributed by atoms with Crippen molar-refractivity contribution in [3.8, 4) is 17.0 Å². The van der Waals surface area contributed by atoms with Gasteiger partial charge in [-0.25, -0.2) is 0 Å². The van der Waals surface area contributed by atoms with Gasteiger partial charge in [0.15, 0.2) is 0 Å². The Kier molecular flexibility index (Phi) is 6.11. The molecular weight excluding hydrogens is 414 g/mol. The first-order valence-electron chi connectivity index (χ1n) is 11.5. The number of primary amides is 1. The zero-order valence-corrected chi connectivity index (χ0v) is 18.9. The normalized spacial score (nSPS) is 18.2. The Hall–Kier alpha value is -3.22. The first-order chi connectivity index (χ1) is 16.1. The average molecular weight is 444 g/mol. The Labute approximate surface area is 194 Å². The van der Waals surface area contributed by atoms with E-state index >= 15 is 0 Å². The summed E-state index contributed by atoms with van der Waals surface area (Å²) in [5, 5.41) is 0. The van der Waals surface area contributed by atoms with E-state index in [2.05, 4.69) is 17.0 Å². The van der Waals surface area contributed by atoms with Gasteiger partial charge < -0.3 is 15.2 Å². The second-order valence-corrected chi connectivity index (χ2v) is 8.77. The fraction of sp³-hybridized carbons (Fsp3) is 0.333. The lowest BCUT2D eigenvalue weighted by molar-refractivity contribution is -0.0351. The van der Waals surface area contributed by atoms with Gasteiger partial charge in [-0.15, -0.1) is 0 Å². The van der Waals surface area contributed by atoms with Gasteiger partial charge >= 0.3 is 0 Å². The van der Waals surface area contributed by atoms with Crippen molar-refractivity contribution in [3.05, 3.63) is 82.5 Å². The molecule has 0 spiro atoms. The molecule has 0 bridgehead atoms. The molecule has 0 saturated carbocycles. The number of pyridine rings is 1. The van der Waals surface area contributed by atoms with Crippen LogP contribution in [0.5, 0.6) is 5.75 Å². The first kappa shape index (κ1) is 21.6. The quantitative estimate of drug-likeness (QED) is 0.625. The lowest BCUT2D eigenvalue weighted by Gasteiger charge is -2.33. The zero-order chi connectivity index (χ0) is 22.8. The van der Waals surface area contributed by atoms with E-state index in [-0.39, 0.29) is 6.10 Å². The van der Waals surface area contributed by atoms with Gasteiger partial charge in [0.1, 0.15) is 11.9 Å². The van der Waals surface area contributed by atoms with Crippen molar-refractivity contribution in [2.45, 2.75) is 31.9 Å². The number of morpholine rings is 1. The summed E-state index contributed by atoms with van der Waals surface area (Å²) in [6, 6.07) is 17.8. The Morgan fingerprint density at radius 3 is 2.70 bits per heavy atom. The highest BCUT2D eigenvalue weighted by Gasteiger charge is 2.25. The molecule has 6 heteroatoms. The molecule has 1 unspecified atom stereocenters. The monoisotopic (exact) mass is 443 g/mol. The van der Waals surface area contributed by atoms with E-state index in [1.807, 2.05) is 30.3 Å². The van der Waals surface area contributed by atoms with E-state index in [1.165, 1.54) is 23.1 Å². The summed E-state index contributed by atoms with van der Waals surface area (Å²) >= 11 is 0. The molecule has 1 aromatic heterocycles. The van der Waals surface area contributed by atoms with Crippen LogP contribution in [0.15, 0.2) is 54.6 Å². The van der Waals surface area contributed by atoms with Crippen LogP contribution < -0.4 is 10.5 Å². The molecule has 1 amide bonds. The van der Waals surface area contributed by atoms with Crippen molar-refractivity contribution in [3.63, 3.8) is 0 Å². The highest BCUT2D eigenvalue weighted by atomic mass is 16.5. The molecular formula is C27H29N3O3. The van der Waals surface area contributed by atoms with Gasteiger partial charge in [-0.2, -0.15) is 0 Å². The minimum atomic E-state index is -0.432. The summed E-state index contributed by atoms with van der Waals surface area (Å²) < 4.78 is 11.8. The second-order valence-electron chi connectivity index (χ2n) is 8.77. The lowest BCUT2D eigenvalue weighted by atomic mass is 10.0. The number of benzene rings is 2. The van der Waals surface area contributed by atoms with Crippen molar-refractivity contribution in [1.82, 2.24) is 9.88 Å². The Balaban J connectivity index is 1.32. The molecule has 1 atom stereocenters. The number of amides is 1. The predicted octanol–water partition coefficient (Wildman–Crippen LogP) is 3.92.